The highest BCUT2D eigenvalue weighted by Crippen LogP contribution is 2.17. The highest BCUT2D eigenvalue weighted by atomic mass is 19.2. The topological polar surface area (TPSA) is 29.1 Å². The van der Waals surface area contributed by atoms with Gasteiger partial charge < -0.3 is 5.32 Å². The Hall–Kier alpha value is -1.45. The Balaban J connectivity index is 2.67. The van der Waals surface area contributed by atoms with E-state index >= 15 is 0 Å². The van der Waals surface area contributed by atoms with Gasteiger partial charge in [-0.05, 0) is 31.0 Å². The molecule has 1 rings (SSSR count). The minimum absolute atomic E-state index is 0.0610. The number of halogens is 2. The first-order valence-electron chi connectivity index (χ1n) is 6.21. The quantitative estimate of drug-likeness (QED) is 0.856. The maximum Gasteiger partial charge on any atom is 0.223 e. The molecule has 0 aromatic heterocycles. The van der Waals surface area contributed by atoms with Gasteiger partial charge in [-0.1, -0.05) is 26.3 Å². The average Bonchev–Trinajstić information content (AvgIpc) is 2.32. The summed E-state index contributed by atoms with van der Waals surface area (Å²) < 4.78 is 25.9. The van der Waals surface area contributed by atoms with Gasteiger partial charge >= 0.3 is 0 Å². The molecule has 2 nitrogen and oxygen atoms in total. The van der Waals surface area contributed by atoms with Crippen molar-refractivity contribution in [2.75, 3.05) is 0 Å². The predicted octanol–water partition coefficient (Wildman–Crippen LogP) is 3.58. The monoisotopic (exact) mass is 255 g/mol. The summed E-state index contributed by atoms with van der Waals surface area (Å²) in [6.45, 7) is 5.63. The van der Waals surface area contributed by atoms with Gasteiger partial charge in [0.25, 0.3) is 0 Å². The van der Waals surface area contributed by atoms with Crippen molar-refractivity contribution in [3.05, 3.63) is 35.4 Å². The van der Waals surface area contributed by atoms with Crippen LogP contribution in [-0.2, 0) is 4.79 Å². The van der Waals surface area contributed by atoms with Gasteiger partial charge in [-0.2, -0.15) is 0 Å². The van der Waals surface area contributed by atoms with E-state index in [2.05, 4.69) is 5.32 Å². The molecule has 1 amide bonds. The van der Waals surface area contributed by atoms with Crippen LogP contribution in [0.5, 0.6) is 0 Å². The largest absolute Gasteiger partial charge is 0.349 e. The molecule has 0 aliphatic heterocycles. The molecular weight excluding hydrogens is 236 g/mol. The summed E-state index contributed by atoms with van der Waals surface area (Å²) in [5.41, 5.74) is 0.561. The first-order chi connectivity index (χ1) is 8.45. The van der Waals surface area contributed by atoms with Crippen molar-refractivity contribution in [2.24, 2.45) is 5.92 Å². The van der Waals surface area contributed by atoms with E-state index in [0.717, 1.165) is 25.0 Å². The van der Waals surface area contributed by atoms with Crippen LogP contribution >= 0.6 is 0 Å². The molecule has 2 unspecified atom stereocenters. The van der Waals surface area contributed by atoms with Gasteiger partial charge in [-0.3, -0.25) is 4.79 Å². The number of amides is 1. The molecule has 0 fully saturated rings. The summed E-state index contributed by atoms with van der Waals surface area (Å²) >= 11 is 0. The predicted molar refractivity (Wildman–Crippen MR) is 67.0 cm³/mol. The number of carbonyl (C=O) groups excluding carboxylic acids is 1. The summed E-state index contributed by atoms with van der Waals surface area (Å²) in [5, 5.41) is 2.80. The van der Waals surface area contributed by atoms with Gasteiger partial charge in [-0.15, -0.1) is 0 Å². The lowest BCUT2D eigenvalue weighted by Crippen LogP contribution is -2.31. The molecule has 0 spiro atoms. The van der Waals surface area contributed by atoms with Gasteiger partial charge in [0.15, 0.2) is 11.6 Å². The van der Waals surface area contributed by atoms with Crippen molar-refractivity contribution in [1.29, 1.82) is 0 Å². The summed E-state index contributed by atoms with van der Waals surface area (Å²) in [6, 6.07) is 3.34. The third-order valence-corrected chi connectivity index (χ3v) is 2.97. The maximum absolute atomic E-state index is 13.1. The van der Waals surface area contributed by atoms with Crippen molar-refractivity contribution in [3.63, 3.8) is 0 Å². The van der Waals surface area contributed by atoms with Crippen LogP contribution in [-0.4, -0.2) is 5.91 Å². The van der Waals surface area contributed by atoms with E-state index in [9.17, 15) is 13.6 Å². The summed E-state index contributed by atoms with van der Waals surface area (Å²) in [5.74, 6) is -1.90. The van der Waals surface area contributed by atoms with E-state index in [-0.39, 0.29) is 17.9 Å². The number of carbonyl (C=O) groups is 1. The van der Waals surface area contributed by atoms with Gasteiger partial charge in [0.2, 0.25) is 5.91 Å². The molecule has 0 aliphatic carbocycles. The van der Waals surface area contributed by atoms with E-state index < -0.39 is 11.6 Å². The van der Waals surface area contributed by atoms with Crippen molar-refractivity contribution in [3.8, 4) is 0 Å². The van der Waals surface area contributed by atoms with Crippen molar-refractivity contribution < 1.29 is 13.6 Å². The van der Waals surface area contributed by atoms with Crippen LogP contribution in [0.4, 0.5) is 8.78 Å². The summed E-state index contributed by atoms with van der Waals surface area (Å²) in [4.78, 5) is 11.8. The molecular formula is C14H19F2NO. The lowest BCUT2D eigenvalue weighted by atomic mass is 10.0. The van der Waals surface area contributed by atoms with E-state index in [1.54, 1.807) is 6.92 Å². The van der Waals surface area contributed by atoms with E-state index in [0.29, 0.717) is 5.56 Å². The number of rotatable bonds is 5. The Morgan fingerprint density at radius 2 is 1.94 bits per heavy atom. The number of hydrogen-bond donors (Lipinski definition) is 1. The molecule has 0 saturated carbocycles. The minimum Gasteiger partial charge on any atom is -0.349 e. The Labute approximate surface area is 106 Å². The van der Waals surface area contributed by atoms with Crippen LogP contribution in [0.15, 0.2) is 18.2 Å². The van der Waals surface area contributed by atoms with Gasteiger partial charge in [-0.25, -0.2) is 8.78 Å². The number of benzene rings is 1. The normalized spacial score (nSPS) is 14.1. The zero-order valence-electron chi connectivity index (χ0n) is 11.0. The standard InChI is InChI=1S/C14H19F2NO/c1-4-5-9(2)14(18)17-10(3)11-6-7-12(15)13(16)8-11/h6-10H,4-5H2,1-3H3,(H,17,18). The number of nitrogens with one attached hydrogen (secondary N) is 1. The van der Waals surface area contributed by atoms with Crippen LogP contribution in [0.2, 0.25) is 0 Å². The van der Waals surface area contributed by atoms with E-state index in [4.69, 9.17) is 0 Å². The fourth-order valence-electron chi connectivity index (χ4n) is 1.78. The first kappa shape index (κ1) is 14.6. The third kappa shape index (κ3) is 3.79. The average molecular weight is 255 g/mol. The molecule has 0 saturated heterocycles. The van der Waals surface area contributed by atoms with Gasteiger partial charge in [0.05, 0.1) is 6.04 Å². The molecule has 1 N–H and O–H groups in total. The molecule has 4 heteroatoms. The summed E-state index contributed by atoms with van der Waals surface area (Å²) in [7, 11) is 0. The van der Waals surface area contributed by atoms with Crippen LogP contribution in [0.3, 0.4) is 0 Å². The fraction of sp³-hybridized carbons (Fsp3) is 0.500. The second-order valence-electron chi connectivity index (χ2n) is 4.59. The molecule has 18 heavy (non-hydrogen) atoms. The molecule has 0 aliphatic rings. The Morgan fingerprint density at radius 1 is 1.28 bits per heavy atom. The third-order valence-electron chi connectivity index (χ3n) is 2.97. The lowest BCUT2D eigenvalue weighted by Gasteiger charge is -2.17. The highest BCUT2D eigenvalue weighted by Gasteiger charge is 2.16. The first-order valence-corrected chi connectivity index (χ1v) is 6.21. The molecule has 0 radical (unpaired) electrons. The smallest absolute Gasteiger partial charge is 0.223 e. The van der Waals surface area contributed by atoms with Gasteiger partial charge in [0, 0.05) is 5.92 Å². The van der Waals surface area contributed by atoms with Crippen molar-refractivity contribution in [2.45, 2.75) is 39.7 Å². The van der Waals surface area contributed by atoms with Crippen LogP contribution in [0.1, 0.15) is 45.2 Å². The summed E-state index contributed by atoms with van der Waals surface area (Å²) in [6.07, 6.45) is 1.75. The molecule has 0 heterocycles. The fourth-order valence-corrected chi connectivity index (χ4v) is 1.78. The molecule has 100 valence electrons. The zero-order valence-corrected chi connectivity index (χ0v) is 11.0. The maximum atomic E-state index is 13.1. The molecule has 1 aromatic carbocycles. The molecule has 2 atom stereocenters. The van der Waals surface area contributed by atoms with E-state index in [1.807, 2.05) is 13.8 Å². The zero-order chi connectivity index (χ0) is 13.7. The SMILES string of the molecule is CCCC(C)C(=O)NC(C)c1ccc(F)c(F)c1. The van der Waals surface area contributed by atoms with Crippen LogP contribution < -0.4 is 5.32 Å². The Morgan fingerprint density at radius 3 is 2.50 bits per heavy atom. The van der Waals surface area contributed by atoms with Crippen molar-refractivity contribution >= 4 is 5.91 Å². The molecule has 0 bridgehead atoms. The highest BCUT2D eigenvalue weighted by molar-refractivity contribution is 5.78. The second-order valence-corrected chi connectivity index (χ2v) is 4.59. The molecule has 1 aromatic rings. The Bertz CT molecular complexity index is 420. The van der Waals surface area contributed by atoms with Crippen molar-refractivity contribution in [1.82, 2.24) is 5.32 Å². The number of hydrogen-bond acceptors (Lipinski definition) is 1. The minimum atomic E-state index is -0.893. The van der Waals surface area contributed by atoms with E-state index in [1.165, 1.54) is 6.07 Å². The lowest BCUT2D eigenvalue weighted by molar-refractivity contribution is -0.125. The second kappa shape index (κ2) is 6.47. The van der Waals surface area contributed by atoms with Gasteiger partial charge in [0.1, 0.15) is 0 Å². The van der Waals surface area contributed by atoms with Crippen LogP contribution in [0.25, 0.3) is 0 Å². The Kier molecular flexibility index (Phi) is 5.25. The van der Waals surface area contributed by atoms with Crippen LogP contribution in [0, 0.1) is 17.6 Å².